The molecule has 0 radical (unpaired) electrons. The van der Waals surface area contributed by atoms with Crippen molar-refractivity contribution in [2.24, 2.45) is 0 Å². The van der Waals surface area contributed by atoms with Crippen molar-refractivity contribution in [3.8, 4) is 11.5 Å². The predicted molar refractivity (Wildman–Crippen MR) is 83.4 cm³/mol. The van der Waals surface area contributed by atoms with Crippen LogP contribution in [0.3, 0.4) is 0 Å². The Morgan fingerprint density at radius 3 is 2.90 bits per heavy atom. The van der Waals surface area contributed by atoms with Crippen LogP contribution in [0.1, 0.15) is 17.5 Å². The highest BCUT2D eigenvalue weighted by Gasteiger charge is 2.15. The van der Waals surface area contributed by atoms with Crippen molar-refractivity contribution in [2.45, 2.75) is 19.9 Å². The molecule has 110 valence electrons. The van der Waals surface area contributed by atoms with Gasteiger partial charge in [0.1, 0.15) is 0 Å². The van der Waals surface area contributed by atoms with Crippen LogP contribution in [0.15, 0.2) is 30.6 Å². The number of rotatable bonds is 3. The van der Waals surface area contributed by atoms with Crippen LogP contribution in [0.25, 0.3) is 0 Å². The number of nitrogens with zero attached hydrogens (tertiary/aromatic N) is 1. The zero-order chi connectivity index (χ0) is 14.7. The number of nitrogens with one attached hydrogen (secondary N) is 1. The fourth-order valence-corrected chi connectivity index (χ4v) is 2.53. The highest BCUT2D eigenvalue weighted by molar-refractivity contribution is 6.32. The normalized spacial score (nSPS) is 13.6. The molecule has 1 aromatic carbocycles. The molecule has 0 bridgehead atoms. The van der Waals surface area contributed by atoms with Crippen molar-refractivity contribution in [3.05, 3.63) is 46.7 Å². The van der Waals surface area contributed by atoms with Crippen molar-refractivity contribution in [2.75, 3.05) is 18.5 Å². The summed E-state index contributed by atoms with van der Waals surface area (Å²) >= 11 is 6.28. The molecule has 1 aliphatic rings. The first-order chi connectivity index (χ1) is 10.2. The monoisotopic (exact) mass is 304 g/mol. The van der Waals surface area contributed by atoms with Crippen LogP contribution < -0.4 is 14.8 Å². The number of aromatic nitrogens is 1. The number of pyridine rings is 1. The third-order valence-electron chi connectivity index (χ3n) is 3.23. The van der Waals surface area contributed by atoms with Crippen LogP contribution in [-0.4, -0.2) is 18.2 Å². The van der Waals surface area contributed by atoms with E-state index in [1.807, 2.05) is 25.3 Å². The first kappa shape index (κ1) is 14.0. The zero-order valence-electron chi connectivity index (χ0n) is 11.9. The minimum absolute atomic E-state index is 0.591. The molecule has 1 N–H and O–H groups in total. The van der Waals surface area contributed by atoms with E-state index in [9.17, 15) is 0 Å². The Morgan fingerprint density at radius 1 is 1.19 bits per heavy atom. The molecule has 0 amide bonds. The maximum absolute atomic E-state index is 6.28. The molecule has 1 aliphatic heterocycles. The van der Waals surface area contributed by atoms with Crippen LogP contribution in [0.4, 0.5) is 5.69 Å². The van der Waals surface area contributed by atoms with E-state index in [4.69, 9.17) is 21.1 Å². The second-order valence-electron chi connectivity index (χ2n) is 5.06. The second-order valence-corrected chi connectivity index (χ2v) is 5.47. The van der Waals surface area contributed by atoms with E-state index in [2.05, 4.69) is 16.4 Å². The van der Waals surface area contributed by atoms with Gasteiger partial charge in [0.15, 0.2) is 11.5 Å². The van der Waals surface area contributed by atoms with Gasteiger partial charge in [-0.1, -0.05) is 11.6 Å². The summed E-state index contributed by atoms with van der Waals surface area (Å²) in [5, 5.41) is 3.93. The molecule has 0 fully saturated rings. The molecule has 4 nitrogen and oxygen atoms in total. The van der Waals surface area contributed by atoms with Gasteiger partial charge < -0.3 is 14.8 Å². The molecule has 1 aromatic heterocycles. The zero-order valence-corrected chi connectivity index (χ0v) is 12.6. The Bertz CT molecular complexity index is 646. The standard InChI is InChI=1S/C16H17ClN2O2/c1-11-5-13(10-18-8-11)19-9-12-6-14(17)16-15(7-12)20-3-2-4-21-16/h5-8,10,19H,2-4,9H2,1H3. The largest absolute Gasteiger partial charge is 0.489 e. The Labute approximate surface area is 129 Å². The number of aryl methyl sites for hydroxylation is 1. The van der Waals surface area contributed by atoms with Crippen LogP contribution in [0.2, 0.25) is 5.02 Å². The average Bonchev–Trinajstić information content (AvgIpc) is 2.71. The van der Waals surface area contributed by atoms with E-state index < -0.39 is 0 Å². The fraction of sp³-hybridized carbons (Fsp3) is 0.312. The van der Waals surface area contributed by atoms with Crippen molar-refractivity contribution < 1.29 is 9.47 Å². The number of hydrogen-bond acceptors (Lipinski definition) is 4. The van der Waals surface area contributed by atoms with Crippen molar-refractivity contribution in [3.63, 3.8) is 0 Å². The molecule has 0 atom stereocenters. The van der Waals surface area contributed by atoms with Crippen LogP contribution in [-0.2, 0) is 6.54 Å². The van der Waals surface area contributed by atoms with E-state index in [0.29, 0.717) is 30.5 Å². The lowest BCUT2D eigenvalue weighted by atomic mass is 10.2. The van der Waals surface area contributed by atoms with Crippen LogP contribution >= 0.6 is 11.6 Å². The molecule has 0 unspecified atom stereocenters. The van der Waals surface area contributed by atoms with E-state index in [1.54, 1.807) is 6.20 Å². The van der Waals surface area contributed by atoms with Gasteiger partial charge in [0.05, 0.1) is 23.9 Å². The maximum Gasteiger partial charge on any atom is 0.179 e. The molecule has 0 aliphatic carbocycles. The maximum atomic E-state index is 6.28. The van der Waals surface area contributed by atoms with E-state index in [-0.39, 0.29) is 0 Å². The lowest BCUT2D eigenvalue weighted by molar-refractivity contribution is 0.297. The number of hydrogen-bond donors (Lipinski definition) is 1. The van der Waals surface area contributed by atoms with Crippen molar-refractivity contribution in [1.29, 1.82) is 0 Å². The summed E-state index contributed by atoms with van der Waals surface area (Å²) in [5.74, 6) is 1.37. The number of fused-ring (bicyclic) bond motifs is 1. The summed E-state index contributed by atoms with van der Waals surface area (Å²) in [6.07, 6.45) is 4.50. The average molecular weight is 305 g/mol. The van der Waals surface area contributed by atoms with Gasteiger partial charge in [-0.15, -0.1) is 0 Å². The number of halogens is 1. The minimum Gasteiger partial charge on any atom is -0.489 e. The summed E-state index contributed by atoms with van der Waals surface area (Å²) < 4.78 is 11.3. The summed E-state index contributed by atoms with van der Waals surface area (Å²) in [6.45, 7) is 3.96. The van der Waals surface area contributed by atoms with E-state index in [0.717, 1.165) is 29.0 Å². The predicted octanol–water partition coefficient (Wildman–Crippen LogP) is 3.82. The Morgan fingerprint density at radius 2 is 2.05 bits per heavy atom. The number of anilines is 1. The summed E-state index contributed by atoms with van der Waals surface area (Å²) in [6, 6.07) is 5.94. The first-order valence-electron chi connectivity index (χ1n) is 6.96. The summed E-state index contributed by atoms with van der Waals surface area (Å²) in [7, 11) is 0. The molecule has 2 aromatic rings. The van der Waals surface area contributed by atoms with E-state index in [1.165, 1.54) is 0 Å². The van der Waals surface area contributed by atoms with Crippen LogP contribution in [0, 0.1) is 6.92 Å². The lowest BCUT2D eigenvalue weighted by Gasteiger charge is -2.12. The minimum atomic E-state index is 0.591. The van der Waals surface area contributed by atoms with Gasteiger partial charge in [-0.2, -0.15) is 0 Å². The van der Waals surface area contributed by atoms with Crippen molar-refractivity contribution in [1.82, 2.24) is 4.98 Å². The van der Waals surface area contributed by atoms with Gasteiger partial charge in [0, 0.05) is 25.4 Å². The van der Waals surface area contributed by atoms with Crippen LogP contribution in [0.5, 0.6) is 11.5 Å². The number of ether oxygens (including phenoxy) is 2. The Balaban J connectivity index is 1.77. The molecule has 0 spiro atoms. The number of benzene rings is 1. The van der Waals surface area contributed by atoms with Gasteiger partial charge in [-0.3, -0.25) is 4.98 Å². The molecule has 21 heavy (non-hydrogen) atoms. The topological polar surface area (TPSA) is 43.4 Å². The molecular weight excluding hydrogens is 288 g/mol. The third-order valence-corrected chi connectivity index (χ3v) is 3.51. The van der Waals surface area contributed by atoms with Gasteiger partial charge in [-0.25, -0.2) is 0 Å². The fourth-order valence-electron chi connectivity index (χ4n) is 2.24. The highest BCUT2D eigenvalue weighted by Crippen LogP contribution is 2.38. The summed E-state index contributed by atoms with van der Waals surface area (Å²) in [4.78, 5) is 4.16. The first-order valence-corrected chi connectivity index (χ1v) is 7.34. The van der Waals surface area contributed by atoms with Gasteiger partial charge >= 0.3 is 0 Å². The highest BCUT2D eigenvalue weighted by atomic mass is 35.5. The molecular formula is C16H17ClN2O2. The molecule has 3 rings (SSSR count). The SMILES string of the molecule is Cc1cncc(NCc2cc(Cl)c3c(c2)OCCCO3)c1. The molecule has 2 heterocycles. The Hall–Kier alpha value is -1.94. The lowest BCUT2D eigenvalue weighted by Crippen LogP contribution is -2.01. The quantitative estimate of drug-likeness (QED) is 0.936. The van der Waals surface area contributed by atoms with Gasteiger partial charge in [-0.05, 0) is 36.2 Å². The Kier molecular flexibility index (Phi) is 4.15. The molecule has 0 saturated carbocycles. The second kappa shape index (κ2) is 6.22. The molecule has 0 saturated heterocycles. The third kappa shape index (κ3) is 3.39. The summed E-state index contributed by atoms with van der Waals surface area (Å²) in [5.41, 5.74) is 3.15. The molecule has 5 heteroatoms. The van der Waals surface area contributed by atoms with E-state index >= 15 is 0 Å². The van der Waals surface area contributed by atoms with Crippen molar-refractivity contribution >= 4 is 17.3 Å². The van der Waals surface area contributed by atoms with Gasteiger partial charge in [0.25, 0.3) is 0 Å². The van der Waals surface area contributed by atoms with Gasteiger partial charge in [0.2, 0.25) is 0 Å². The smallest absolute Gasteiger partial charge is 0.179 e.